The highest BCUT2D eigenvalue weighted by molar-refractivity contribution is 5.75. The van der Waals surface area contributed by atoms with E-state index in [0.29, 0.717) is 13.0 Å². The Bertz CT molecular complexity index is 388. The van der Waals surface area contributed by atoms with E-state index in [1.54, 1.807) is 19.0 Å². The summed E-state index contributed by atoms with van der Waals surface area (Å²) in [7, 11) is 3.50. The summed E-state index contributed by atoms with van der Waals surface area (Å²) in [6.45, 7) is 6.96. The van der Waals surface area contributed by atoms with Crippen molar-refractivity contribution in [3.8, 4) is 5.75 Å². The molecule has 100 valence electrons. The number of benzene rings is 1. The third-order valence-corrected chi connectivity index (χ3v) is 2.80. The molecule has 3 heteroatoms. The first-order valence-electron chi connectivity index (χ1n) is 6.24. The molecule has 1 aromatic carbocycles. The van der Waals surface area contributed by atoms with Gasteiger partial charge in [-0.1, -0.05) is 32.9 Å². The Kier molecular flexibility index (Phi) is 4.76. The molecule has 0 unspecified atom stereocenters. The van der Waals surface area contributed by atoms with E-state index in [1.165, 1.54) is 5.56 Å². The molecule has 0 aliphatic carbocycles. The van der Waals surface area contributed by atoms with Crippen molar-refractivity contribution in [2.75, 3.05) is 20.7 Å². The van der Waals surface area contributed by atoms with Gasteiger partial charge in [-0.25, -0.2) is 0 Å². The van der Waals surface area contributed by atoms with Crippen LogP contribution in [0.25, 0.3) is 0 Å². The summed E-state index contributed by atoms with van der Waals surface area (Å²) in [6, 6.07) is 8.06. The van der Waals surface area contributed by atoms with E-state index in [1.807, 2.05) is 12.1 Å². The maximum atomic E-state index is 11.4. The topological polar surface area (TPSA) is 29.5 Å². The van der Waals surface area contributed by atoms with Crippen LogP contribution < -0.4 is 4.74 Å². The second kappa shape index (κ2) is 5.89. The maximum absolute atomic E-state index is 11.4. The van der Waals surface area contributed by atoms with Gasteiger partial charge in [-0.3, -0.25) is 4.79 Å². The molecule has 1 amide bonds. The normalized spacial score (nSPS) is 11.2. The molecule has 0 saturated carbocycles. The molecule has 0 radical (unpaired) electrons. The second-order valence-corrected chi connectivity index (χ2v) is 5.66. The molecule has 0 N–H and O–H groups in total. The number of nitrogens with zero attached hydrogens (tertiary/aromatic N) is 1. The van der Waals surface area contributed by atoms with Gasteiger partial charge in [-0.05, 0) is 23.1 Å². The van der Waals surface area contributed by atoms with Crippen LogP contribution in [0.1, 0.15) is 32.8 Å². The average molecular weight is 249 g/mol. The summed E-state index contributed by atoms with van der Waals surface area (Å²) in [5.74, 6) is 0.899. The number of carbonyl (C=O) groups excluding carboxylic acids is 1. The van der Waals surface area contributed by atoms with Crippen molar-refractivity contribution < 1.29 is 9.53 Å². The molecule has 0 aliphatic heterocycles. The van der Waals surface area contributed by atoms with Crippen molar-refractivity contribution in [3.05, 3.63) is 29.8 Å². The van der Waals surface area contributed by atoms with Gasteiger partial charge >= 0.3 is 0 Å². The fraction of sp³-hybridized carbons (Fsp3) is 0.533. The molecule has 0 atom stereocenters. The third-order valence-electron chi connectivity index (χ3n) is 2.80. The Morgan fingerprint density at radius 3 is 2.17 bits per heavy atom. The van der Waals surface area contributed by atoms with Crippen molar-refractivity contribution >= 4 is 5.91 Å². The highest BCUT2D eigenvalue weighted by Crippen LogP contribution is 2.24. The fourth-order valence-electron chi connectivity index (χ4n) is 1.53. The van der Waals surface area contributed by atoms with Crippen LogP contribution in [0.3, 0.4) is 0 Å². The Hall–Kier alpha value is -1.51. The first kappa shape index (κ1) is 14.6. The number of ether oxygens (including phenoxy) is 1. The van der Waals surface area contributed by atoms with Gasteiger partial charge in [-0.15, -0.1) is 0 Å². The van der Waals surface area contributed by atoms with E-state index >= 15 is 0 Å². The fourth-order valence-corrected chi connectivity index (χ4v) is 1.53. The lowest BCUT2D eigenvalue weighted by Gasteiger charge is -2.19. The standard InChI is InChI=1S/C15H23NO2/c1-15(2,3)12-6-8-13(9-7-12)18-11-10-14(17)16(4)5/h6-9H,10-11H2,1-5H3. The molecule has 0 fully saturated rings. The lowest BCUT2D eigenvalue weighted by molar-refractivity contribution is -0.129. The molecule has 1 aromatic rings. The molecule has 0 saturated heterocycles. The lowest BCUT2D eigenvalue weighted by Crippen LogP contribution is -2.23. The van der Waals surface area contributed by atoms with Crippen molar-refractivity contribution in [2.24, 2.45) is 0 Å². The molecular weight excluding hydrogens is 226 g/mol. The van der Waals surface area contributed by atoms with E-state index in [4.69, 9.17) is 4.74 Å². The first-order chi connectivity index (χ1) is 8.30. The molecule has 0 bridgehead atoms. The number of hydrogen-bond acceptors (Lipinski definition) is 2. The van der Waals surface area contributed by atoms with Gasteiger partial charge in [-0.2, -0.15) is 0 Å². The van der Waals surface area contributed by atoms with Crippen molar-refractivity contribution in [1.82, 2.24) is 4.90 Å². The van der Waals surface area contributed by atoms with Crippen LogP contribution in [0.15, 0.2) is 24.3 Å². The average Bonchev–Trinajstić information content (AvgIpc) is 2.28. The quantitative estimate of drug-likeness (QED) is 0.821. The van der Waals surface area contributed by atoms with Crippen LogP contribution in [0.2, 0.25) is 0 Å². The Morgan fingerprint density at radius 2 is 1.72 bits per heavy atom. The Balaban J connectivity index is 2.47. The number of amides is 1. The third kappa shape index (κ3) is 4.40. The first-order valence-corrected chi connectivity index (χ1v) is 6.24. The van der Waals surface area contributed by atoms with E-state index < -0.39 is 0 Å². The van der Waals surface area contributed by atoms with Gasteiger partial charge in [0.2, 0.25) is 5.91 Å². The van der Waals surface area contributed by atoms with Crippen LogP contribution in [0, 0.1) is 0 Å². The zero-order valence-corrected chi connectivity index (χ0v) is 12.0. The molecule has 18 heavy (non-hydrogen) atoms. The minimum Gasteiger partial charge on any atom is -0.493 e. The van der Waals surface area contributed by atoms with E-state index in [2.05, 4.69) is 32.9 Å². The van der Waals surface area contributed by atoms with E-state index in [0.717, 1.165) is 5.75 Å². The van der Waals surface area contributed by atoms with Crippen molar-refractivity contribution in [2.45, 2.75) is 32.6 Å². The minimum absolute atomic E-state index is 0.0845. The summed E-state index contributed by atoms with van der Waals surface area (Å²) in [4.78, 5) is 12.9. The Morgan fingerprint density at radius 1 is 1.17 bits per heavy atom. The van der Waals surface area contributed by atoms with Crippen molar-refractivity contribution in [1.29, 1.82) is 0 Å². The van der Waals surface area contributed by atoms with Gasteiger partial charge in [0.05, 0.1) is 13.0 Å². The molecule has 1 rings (SSSR count). The summed E-state index contributed by atoms with van der Waals surface area (Å²) in [5.41, 5.74) is 1.43. The highest BCUT2D eigenvalue weighted by atomic mass is 16.5. The highest BCUT2D eigenvalue weighted by Gasteiger charge is 2.13. The molecule has 0 spiro atoms. The predicted molar refractivity (Wildman–Crippen MR) is 73.9 cm³/mol. The minimum atomic E-state index is 0.0845. The molecule has 0 heterocycles. The van der Waals surface area contributed by atoms with Gasteiger partial charge in [0, 0.05) is 14.1 Å². The molecule has 0 aliphatic rings. The smallest absolute Gasteiger partial charge is 0.225 e. The van der Waals surface area contributed by atoms with Crippen LogP contribution in [-0.4, -0.2) is 31.5 Å². The zero-order valence-electron chi connectivity index (χ0n) is 12.0. The summed E-state index contributed by atoms with van der Waals surface area (Å²) >= 11 is 0. The Labute approximate surface area is 110 Å². The molecular formula is C15H23NO2. The number of rotatable bonds is 4. The van der Waals surface area contributed by atoms with Crippen LogP contribution >= 0.6 is 0 Å². The van der Waals surface area contributed by atoms with Gasteiger partial charge in [0.25, 0.3) is 0 Å². The van der Waals surface area contributed by atoms with Crippen LogP contribution in [0.5, 0.6) is 5.75 Å². The van der Waals surface area contributed by atoms with Crippen LogP contribution in [-0.2, 0) is 10.2 Å². The summed E-state index contributed by atoms with van der Waals surface area (Å²) in [5, 5.41) is 0. The van der Waals surface area contributed by atoms with Gasteiger partial charge in [0.15, 0.2) is 0 Å². The van der Waals surface area contributed by atoms with Crippen LogP contribution in [0.4, 0.5) is 0 Å². The molecule has 3 nitrogen and oxygen atoms in total. The monoisotopic (exact) mass is 249 g/mol. The second-order valence-electron chi connectivity index (χ2n) is 5.66. The van der Waals surface area contributed by atoms with Gasteiger partial charge in [0.1, 0.15) is 5.75 Å². The predicted octanol–water partition coefficient (Wildman–Crippen LogP) is 2.84. The summed E-state index contributed by atoms with van der Waals surface area (Å²) in [6.07, 6.45) is 0.411. The molecule has 0 aromatic heterocycles. The largest absolute Gasteiger partial charge is 0.493 e. The van der Waals surface area contributed by atoms with Gasteiger partial charge < -0.3 is 9.64 Å². The van der Waals surface area contributed by atoms with Crippen molar-refractivity contribution in [3.63, 3.8) is 0 Å². The van der Waals surface area contributed by atoms with E-state index in [9.17, 15) is 4.79 Å². The lowest BCUT2D eigenvalue weighted by atomic mass is 9.87. The number of carbonyl (C=O) groups is 1. The number of hydrogen-bond donors (Lipinski definition) is 0. The summed E-state index contributed by atoms with van der Waals surface area (Å²) < 4.78 is 5.55. The zero-order chi connectivity index (χ0) is 13.8. The van der Waals surface area contributed by atoms with E-state index in [-0.39, 0.29) is 11.3 Å². The maximum Gasteiger partial charge on any atom is 0.225 e. The SMILES string of the molecule is CN(C)C(=O)CCOc1ccc(C(C)(C)C)cc1.